The van der Waals surface area contributed by atoms with Crippen LogP contribution in [0.3, 0.4) is 0 Å². The van der Waals surface area contributed by atoms with Crippen molar-refractivity contribution in [2.45, 2.75) is 20.3 Å². The van der Waals surface area contributed by atoms with Gasteiger partial charge >= 0.3 is 0 Å². The maximum absolute atomic E-state index is 5.90. The Balaban J connectivity index is 2.21. The van der Waals surface area contributed by atoms with Gasteiger partial charge in [-0.25, -0.2) is 0 Å². The first kappa shape index (κ1) is 11.4. The molecule has 1 aromatic heterocycles. The summed E-state index contributed by atoms with van der Waals surface area (Å²) in [5.74, 6) is 1.06. The lowest BCUT2D eigenvalue weighted by atomic mass is 10.1. The first-order valence-electron chi connectivity index (χ1n) is 5.55. The van der Waals surface area contributed by atoms with E-state index < -0.39 is 0 Å². The number of aromatic nitrogens is 2. The third-order valence-electron chi connectivity index (χ3n) is 2.47. The zero-order valence-corrected chi connectivity index (χ0v) is 9.97. The number of ether oxygens (including phenoxy) is 1. The molecule has 1 aromatic carbocycles. The standard InChI is InChI=1S/C13H15N3O/c1-3-10-5-6-12(11(14)8-10)17-13-7-4-9(2)15-16-13/h4-8H,3,14H2,1-2H3. The molecule has 0 spiro atoms. The highest BCUT2D eigenvalue weighted by atomic mass is 16.5. The Kier molecular flexibility index (Phi) is 3.23. The van der Waals surface area contributed by atoms with Crippen LogP contribution in [0.4, 0.5) is 5.69 Å². The highest BCUT2D eigenvalue weighted by Gasteiger charge is 2.04. The van der Waals surface area contributed by atoms with Gasteiger partial charge in [0.15, 0.2) is 5.75 Å². The topological polar surface area (TPSA) is 61.0 Å². The molecule has 88 valence electrons. The predicted octanol–water partition coefficient (Wildman–Crippen LogP) is 2.72. The first-order valence-corrected chi connectivity index (χ1v) is 5.55. The van der Waals surface area contributed by atoms with E-state index in [1.54, 1.807) is 6.07 Å². The molecule has 0 atom stereocenters. The van der Waals surface area contributed by atoms with Crippen molar-refractivity contribution in [3.63, 3.8) is 0 Å². The second-order valence-electron chi connectivity index (χ2n) is 3.84. The fourth-order valence-electron chi connectivity index (χ4n) is 1.46. The summed E-state index contributed by atoms with van der Waals surface area (Å²) in [7, 11) is 0. The molecule has 0 aliphatic rings. The number of hydrogen-bond acceptors (Lipinski definition) is 4. The van der Waals surface area contributed by atoms with Gasteiger partial charge in [-0.1, -0.05) is 13.0 Å². The van der Waals surface area contributed by atoms with Crippen LogP contribution < -0.4 is 10.5 Å². The van der Waals surface area contributed by atoms with Crippen molar-refractivity contribution in [3.05, 3.63) is 41.6 Å². The number of hydrogen-bond donors (Lipinski definition) is 1. The Bertz CT molecular complexity index is 509. The second kappa shape index (κ2) is 4.82. The summed E-state index contributed by atoms with van der Waals surface area (Å²) in [5, 5.41) is 7.85. The van der Waals surface area contributed by atoms with Crippen LogP contribution in [0.2, 0.25) is 0 Å². The van der Waals surface area contributed by atoms with Crippen molar-refractivity contribution < 1.29 is 4.74 Å². The minimum absolute atomic E-state index is 0.451. The molecule has 0 unspecified atom stereocenters. The molecule has 0 aliphatic heterocycles. The predicted molar refractivity (Wildman–Crippen MR) is 67.1 cm³/mol. The minimum atomic E-state index is 0.451. The van der Waals surface area contributed by atoms with E-state index in [9.17, 15) is 0 Å². The van der Waals surface area contributed by atoms with Crippen molar-refractivity contribution >= 4 is 5.69 Å². The molecule has 4 heteroatoms. The summed E-state index contributed by atoms with van der Waals surface area (Å²) in [6, 6.07) is 9.38. The Hall–Kier alpha value is -2.10. The molecular formula is C13H15N3O. The largest absolute Gasteiger partial charge is 0.435 e. The average molecular weight is 229 g/mol. The fourth-order valence-corrected chi connectivity index (χ4v) is 1.46. The van der Waals surface area contributed by atoms with Gasteiger partial charge in [0.1, 0.15) is 0 Å². The lowest BCUT2D eigenvalue weighted by molar-refractivity contribution is 0.456. The summed E-state index contributed by atoms with van der Waals surface area (Å²) < 4.78 is 5.57. The lowest BCUT2D eigenvalue weighted by Crippen LogP contribution is -1.96. The van der Waals surface area contributed by atoms with Crippen molar-refractivity contribution in [2.75, 3.05) is 5.73 Å². The molecule has 0 aliphatic carbocycles. The second-order valence-corrected chi connectivity index (χ2v) is 3.84. The third kappa shape index (κ3) is 2.72. The zero-order chi connectivity index (χ0) is 12.3. The van der Waals surface area contributed by atoms with Crippen molar-refractivity contribution in [2.24, 2.45) is 0 Å². The number of aryl methyl sites for hydroxylation is 2. The number of nitrogen functional groups attached to an aromatic ring is 1. The van der Waals surface area contributed by atoms with Gasteiger partial charge in [-0.2, -0.15) is 5.10 Å². The molecule has 0 radical (unpaired) electrons. The lowest BCUT2D eigenvalue weighted by Gasteiger charge is -2.08. The average Bonchev–Trinajstić information content (AvgIpc) is 2.34. The van der Waals surface area contributed by atoms with E-state index in [1.165, 1.54) is 5.56 Å². The number of anilines is 1. The van der Waals surface area contributed by atoms with Crippen LogP contribution in [0.1, 0.15) is 18.2 Å². The Morgan fingerprint density at radius 3 is 2.59 bits per heavy atom. The zero-order valence-electron chi connectivity index (χ0n) is 9.97. The van der Waals surface area contributed by atoms with Gasteiger partial charge in [0.2, 0.25) is 5.88 Å². The van der Waals surface area contributed by atoms with Crippen molar-refractivity contribution in [1.29, 1.82) is 0 Å². The molecule has 2 rings (SSSR count). The van der Waals surface area contributed by atoms with Crippen LogP contribution in [0, 0.1) is 6.92 Å². The van der Waals surface area contributed by atoms with E-state index >= 15 is 0 Å². The smallest absolute Gasteiger partial charge is 0.238 e. The normalized spacial score (nSPS) is 10.2. The summed E-state index contributed by atoms with van der Waals surface area (Å²) >= 11 is 0. The van der Waals surface area contributed by atoms with E-state index in [0.717, 1.165) is 12.1 Å². The number of rotatable bonds is 3. The van der Waals surface area contributed by atoms with Gasteiger partial charge in [0, 0.05) is 6.07 Å². The van der Waals surface area contributed by atoms with Gasteiger partial charge in [-0.05, 0) is 37.1 Å². The molecule has 17 heavy (non-hydrogen) atoms. The molecule has 2 aromatic rings. The minimum Gasteiger partial charge on any atom is -0.435 e. The molecule has 4 nitrogen and oxygen atoms in total. The van der Waals surface area contributed by atoms with E-state index in [4.69, 9.17) is 10.5 Å². The Labute approximate surface area is 100 Å². The van der Waals surface area contributed by atoms with Gasteiger partial charge in [-0.15, -0.1) is 5.10 Å². The molecular weight excluding hydrogens is 214 g/mol. The highest BCUT2D eigenvalue weighted by molar-refractivity contribution is 5.55. The maximum Gasteiger partial charge on any atom is 0.238 e. The first-order chi connectivity index (χ1) is 8.19. The summed E-state index contributed by atoms with van der Waals surface area (Å²) in [6.07, 6.45) is 0.953. The van der Waals surface area contributed by atoms with Gasteiger partial charge in [0.25, 0.3) is 0 Å². The van der Waals surface area contributed by atoms with E-state index in [0.29, 0.717) is 17.3 Å². The monoisotopic (exact) mass is 229 g/mol. The van der Waals surface area contributed by atoms with Crippen molar-refractivity contribution in [1.82, 2.24) is 10.2 Å². The molecule has 0 saturated carbocycles. The van der Waals surface area contributed by atoms with Crippen molar-refractivity contribution in [3.8, 4) is 11.6 Å². The Morgan fingerprint density at radius 2 is 2.00 bits per heavy atom. The summed E-state index contributed by atoms with van der Waals surface area (Å²) in [4.78, 5) is 0. The number of nitrogens with zero attached hydrogens (tertiary/aromatic N) is 2. The van der Waals surface area contributed by atoms with Gasteiger partial charge < -0.3 is 10.5 Å². The third-order valence-corrected chi connectivity index (χ3v) is 2.47. The number of benzene rings is 1. The molecule has 0 saturated heterocycles. The van der Waals surface area contributed by atoms with Gasteiger partial charge in [-0.3, -0.25) is 0 Å². The van der Waals surface area contributed by atoms with Crippen LogP contribution in [0.5, 0.6) is 11.6 Å². The van der Waals surface area contributed by atoms with Crippen LogP contribution in [0.15, 0.2) is 30.3 Å². The van der Waals surface area contributed by atoms with E-state index in [-0.39, 0.29) is 0 Å². The molecule has 1 heterocycles. The summed E-state index contributed by atoms with van der Waals surface area (Å²) in [5.41, 5.74) is 8.56. The highest BCUT2D eigenvalue weighted by Crippen LogP contribution is 2.26. The van der Waals surface area contributed by atoms with Crippen LogP contribution in [0.25, 0.3) is 0 Å². The molecule has 0 amide bonds. The van der Waals surface area contributed by atoms with Gasteiger partial charge in [0.05, 0.1) is 11.4 Å². The van der Waals surface area contributed by atoms with E-state index in [2.05, 4.69) is 17.1 Å². The quantitative estimate of drug-likeness (QED) is 0.822. The summed E-state index contributed by atoms with van der Waals surface area (Å²) in [6.45, 7) is 3.96. The molecule has 0 fully saturated rings. The number of nitrogens with two attached hydrogens (primary N) is 1. The molecule has 2 N–H and O–H groups in total. The maximum atomic E-state index is 5.90. The van der Waals surface area contributed by atoms with Crippen LogP contribution in [-0.2, 0) is 6.42 Å². The fraction of sp³-hybridized carbons (Fsp3) is 0.231. The van der Waals surface area contributed by atoms with E-state index in [1.807, 2.05) is 31.2 Å². The SMILES string of the molecule is CCc1ccc(Oc2ccc(C)nn2)c(N)c1. The van der Waals surface area contributed by atoms with Crippen LogP contribution >= 0.6 is 0 Å². The Morgan fingerprint density at radius 1 is 1.18 bits per heavy atom. The molecule has 0 bridgehead atoms. The van der Waals surface area contributed by atoms with Crippen LogP contribution in [-0.4, -0.2) is 10.2 Å².